The summed E-state index contributed by atoms with van der Waals surface area (Å²) in [5, 5.41) is 3.48. The number of piperidine rings is 1. The van der Waals surface area contributed by atoms with E-state index in [0.717, 1.165) is 37.3 Å². The minimum Gasteiger partial charge on any atom is -0.497 e. The van der Waals surface area contributed by atoms with E-state index in [2.05, 4.69) is 46.2 Å². The third-order valence-corrected chi connectivity index (χ3v) is 4.74. The standard InChI is InChI=1S/C19H32N4O.HI/c1-16-9-12-23(13-10-16)14-11-21-19(20-2)22(3)15-17-5-7-18(24-4)8-6-17;/h5-8,16H,9-15H2,1-4H3,(H,20,21);1H. The SMILES string of the molecule is CN=C(NCCN1CCC(C)CC1)N(C)Cc1ccc(OC)cc1.I. The Bertz CT molecular complexity index is 513. The van der Waals surface area contributed by atoms with Gasteiger partial charge in [-0.15, -0.1) is 24.0 Å². The highest BCUT2D eigenvalue weighted by molar-refractivity contribution is 14.0. The molecule has 6 heteroatoms. The average molecular weight is 460 g/mol. The van der Waals surface area contributed by atoms with Gasteiger partial charge in [-0.3, -0.25) is 4.99 Å². The number of hydrogen-bond acceptors (Lipinski definition) is 3. The van der Waals surface area contributed by atoms with Crippen LogP contribution in [0, 0.1) is 5.92 Å². The Morgan fingerprint density at radius 2 is 1.92 bits per heavy atom. The van der Waals surface area contributed by atoms with Crippen LogP contribution in [-0.2, 0) is 6.54 Å². The van der Waals surface area contributed by atoms with Gasteiger partial charge in [0, 0.05) is 33.7 Å². The van der Waals surface area contributed by atoms with E-state index >= 15 is 0 Å². The predicted molar refractivity (Wildman–Crippen MR) is 116 cm³/mol. The van der Waals surface area contributed by atoms with Gasteiger partial charge in [0.2, 0.25) is 0 Å². The van der Waals surface area contributed by atoms with Crippen molar-refractivity contribution in [1.82, 2.24) is 15.1 Å². The van der Waals surface area contributed by atoms with Crippen LogP contribution in [-0.4, -0.2) is 63.1 Å². The lowest BCUT2D eigenvalue weighted by Crippen LogP contribution is -2.43. The van der Waals surface area contributed by atoms with Crippen LogP contribution in [0.1, 0.15) is 25.3 Å². The Labute approximate surface area is 169 Å². The Morgan fingerprint density at radius 1 is 1.28 bits per heavy atom. The number of nitrogens with zero attached hydrogens (tertiary/aromatic N) is 3. The average Bonchev–Trinajstić information content (AvgIpc) is 2.61. The van der Waals surface area contributed by atoms with Crippen molar-refractivity contribution in [3.63, 3.8) is 0 Å². The smallest absolute Gasteiger partial charge is 0.193 e. The summed E-state index contributed by atoms with van der Waals surface area (Å²) in [5.74, 6) is 2.72. The highest BCUT2D eigenvalue weighted by Gasteiger charge is 2.15. The molecule has 5 nitrogen and oxygen atoms in total. The molecule has 0 unspecified atom stereocenters. The topological polar surface area (TPSA) is 40.1 Å². The van der Waals surface area contributed by atoms with Crippen LogP contribution in [0.3, 0.4) is 0 Å². The van der Waals surface area contributed by atoms with Crippen LogP contribution in [0.2, 0.25) is 0 Å². The first kappa shape index (κ1) is 22.0. The van der Waals surface area contributed by atoms with Crippen LogP contribution < -0.4 is 10.1 Å². The summed E-state index contributed by atoms with van der Waals surface area (Å²) in [6.45, 7) is 7.65. The lowest BCUT2D eigenvalue weighted by atomic mass is 9.99. The van der Waals surface area contributed by atoms with Crippen molar-refractivity contribution in [2.45, 2.75) is 26.3 Å². The van der Waals surface area contributed by atoms with Gasteiger partial charge in [0.15, 0.2) is 5.96 Å². The Balaban J connectivity index is 0.00000312. The molecule has 0 atom stereocenters. The fourth-order valence-electron chi connectivity index (χ4n) is 3.08. The summed E-state index contributed by atoms with van der Waals surface area (Å²) >= 11 is 0. The van der Waals surface area contributed by atoms with E-state index in [9.17, 15) is 0 Å². The van der Waals surface area contributed by atoms with Crippen LogP contribution in [0.25, 0.3) is 0 Å². The molecule has 0 amide bonds. The molecule has 2 rings (SSSR count). The van der Waals surface area contributed by atoms with Gasteiger partial charge in [-0.1, -0.05) is 19.1 Å². The molecule has 0 radical (unpaired) electrons. The quantitative estimate of drug-likeness (QED) is 0.403. The zero-order chi connectivity index (χ0) is 17.4. The number of methoxy groups -OCH3 is 1. The lowest BCUT2D eigenvalue weighted by molar-refractivity contribution is 0.195. The van der Waals surface area contributed by atoms with Gasteiger partial charge in [-0.2, -0.15) is 0 Å². The maximum atomic E-state index is 5.21. The second kappa shape index (κ2) is 11.6. The third-order valence-electron chi connectivity index (χ3n) is 4.74. The number of guanidine groups is 1. The highest BCUT2D eigenvalue weighted by Crippen LogP contribution is 2.15. The maximum Gasteiger partial charge on any atom is 0.193 e. The summed E-state index contributed by atoms with van der Waals surface area (Å²) in [6, 6.07) is 8.18. The number of likely N-dealkylation sites (tertiary alicyclic amines) is 1. The molecule has 0 bridgehead atoms. The van der Waals surface area contributed by atoms with E-state index in [0.29, 0.717) is 0 Å². The number of nitrogens with one attached hydrogen (secondary N) is 1. The van der Waals surface area contributed by atoms with Gasteiger partial charge in [0.25, 0.3) is 0 Å². The van der Waals surface area contributed by atoms with E-state index < -0.39 is 0 Å². The van der Waals surface area contributed by atoms with E-state index in [-0.39, 0.29) is 24.0 Å². The zero-order valence-corrected chi connectivity index (χ0v) is 18.3. The first-order valence-electron chi connectivity index (χ1n) is 8.89. The van der Waals surface area contributed by atoms with Crippen molar-refractivity contribution in [2.75, 3.05) is 47.4 Å². The number of aliphatic imine (C=N–C) groups is 1. The Kier molecular flexibility index (Phi) is 10.2. The second-order valence-electron chi connectivity index (χ2n) is 6.70. The normalized spacial score (nSPS) is 16.2. The lowest BCUT2D eigenvalue weighted by Gasteiger charge is -2.30. The van der Waals surface area contributed by atoms with E-state index in [1.54, 1.807) is 7.11 Å². The van der Waals surface area contributed by atoms with Crippen molar-refractivity contribution >= 4 is 29.9 Å². The van der Waals surface area contributed by atoms with Crippen LogP contribution >= 0.6 is 24.0 Å². The third kappa shape index (κ3) is 7.40. The number of hydrogen-bond donors (Lipinski definition) is 1. The first-order valence-corrected chi connectivity index (χ1v) is 8.89. The predicted octanol–water partition coefficient (Wildman–Crippen LogP) is 3.05. The van der Waals surface area contributed by atoms with E-state index in [1.807, 2.05) is 19.2 Å². The van der Waals surface area contributed by atoms with Gasteiger partial charge in [0.05, 0.1) is 7.11 Å². The highest BCUT2D eigenvalue weighted by atomic mass is 127. The molecule has 0 spiro atoms. The summed E-state index contributed by atoms with van der Waals surface area (Å²) < 4.78 is 5.21. The molecule has 1 N–H and O–H groups in total. The molecule has 1 saturated heterocycles. The first-order chi connectivity index (χ1) is 11.6. The Morgan fingerprint density at radius 3 is 2.48 bits per heavy atom. The molecular formula is C19H33IN4O. The number of ether oxygens (including phenoxy) is 1. The molecule has 1 aliphatic rings. The van der Waals surface area contributed by atoms with E-state index in [1.165, 1.54) is 31.5 Å². The molecule has 25 heavy (non-hydrogen) atoms. The minimum atomic E-state index is 0. The van der Waals surface area contributed by atoms with Gasteiger partial charge in [-0.25, -0.2) is 0 Å². The summed E-state index contributed by atoms with van der Waals surface area (Å²) in [6.07, 6.45) is 2.65. The van der Waals surface area contributed by atoms with Crippen molar-refractivity contribution in [2.24, 2.45) is 10.9 Å². The number of benzene rings is 1. The maximum absolute atomic E-state index is 5.21. The largest absolute Gasteiger partial charge is 0.497 e. The fraction of sp³-hybridized carbons (Fsp3) is 0.632. The number of rotatable bonds is 6. The fourth-order valence-corrected chi connectivity index (χ4v) is 3.08. The van der Waals surface area contributed by atoms with Crippen molar-refractivity contribution in [1.29, 1.82) is 0 Å². The molecule has 142 valence electrons. The van der Waals surface area contributed by atoms with Gasteiger partial charge >= 0.3 is 0 Å². The molecule has 0 saturated carbocycles. The van der Waals surface area contributed by atoms with Gasteiger partial charge in [-0.05, 0) is 49.5 Å². The van der Waals surface area contributed by atoms with Gasteiger partial charge in [0.1, 0.15) is 5.75 Å². The monoisotopic (exact) mass is 460 g/mol. The molecule has 0 aliphatic carbocycles. The summed E-state index contributed by atoms with van der Waals surface area (Å²) in [7, 11) is 5.60. The van der Waals surface area contributed by atoms with Crippen LogP contribution in [0.4, 0.5) is 0 Å². The van der Waals surface area contributed by atoms with Crippen molar-refractivity contribution in [3.8, 4) is 5.75 Å². The van der Waals surface area contributed by atoms with Crippen molar-refractivity contribution < 1.29 is 4.74 Å². The molecule has 0 aromatic heterocycles. The summed E-state index contributed by atoms with van der Waals surface area (Å²) in [5.41, 5.74) is 1.24. The van der Waals surface area contributed by atoms with Crippen molar-refractivity contribution in [3.05, 3.63) is 29.8 Å². The molecule has 1 fully saturated rings. The summed E-state index contributed by atoms with van der Waals surface area (Å²) in [4.78, 5) is 9.10. The zero-order valence-electron chi connectivity index (χ0n) is 16.0. The van der Waals surface area contributed by atoms with Gasteiger partial charge < -0.3 is 19.9 Å². The number of halogens is 1. The van der Waals surface area contributed by atoms with Crippen LogP contribution in [0.15, 0.2) is 29.3 Å². The van der Waals surface area contributed by atoms with E-state index in [4.69, 9.17) is 4.74 Å². The minimum absolute atomic E-state index is 0. The molecule has 1 aromatic rings. The molecule has 1 heterocycles. The molecule has 1 aliphatic heterocycles. The second-order valence-corrected chi connectivity index (χ2v) is 6.70. The Hall–Kier alpha value is -1.02. The molecule has 1 aromatic carbocycles. The van der Waals surface area contributed by atoms with Crippen LogP contribution in [0.5, 0.6) is 5.75 Å². The molecular weight excluding hydrogens is 427 g/mol.